The van der Waals surface area contributed by atoms with Crippen LogP contribution in [0.1, 0.15) is 46.0 Å². The molecule has 0 unspecified atom stereocenters. The topological polar surface area (TPSA) is 100 Å². The van der Waals surface area contributed by atoms with Crippen LogP contribution >= 0.6 is 0 Å². The Bertz CT molecular complexity index is 313. The van der Waals surface area contributed by atoms with Gasteiger partial charge in [0.1, 0.15) is 5.84 Å². The van der Waals surface area contributed by atoms with Crippen LogP contribution in [0.25, 0.3) is 0 Å². The molecule has 0 aromatic rings. The molecule has 1 fully saturated rings. The zero-order chi connectivity index (χ0) is 15.1. The van der Waals surface area contributed by atoms with E-state index in [1.54, 1.807) is 0 Å². The van der Waals surface area contributed by atoms with Gasteiger partial charge in [0, 0.05) is 38.0 Å². The summed E-state index contributed by atoms with van der Waals surface area (Å²) in [7, 11) is 0. The molecule has 1 aliphatic rings. The minimum absolute atomic E-state index is 0.270. The third-order valence-electron chi connectivity index (χ3n) is 4.08. The maximum atomic E-state index is 10.3. The number of oxime groups is 1. The fourth-order valence-electron chi connectivity index (χ4n) is 2.33. The molecule has 0 amide bonds. The van der Waals surface area contributed by atoms with Crippen molar-refractivity contribution >= 4 is 5.84 Å². The minimum Gasteiger partial charge on any atom is -0.409 e. The van der Waals surface area contributed by atoms with E-state index in [-0.39, 0.29) is 11.3 Å². The number of amidine groups is 1. The molecule has 118 valence electrons. The summed E-state index contributed by atoms with van der Waals surface area (Å²) in [5.74, 6) is 0.280. The third kappa shape index (κ3) is 5.64. The van der Waals surface area contributed by atoms with Crippen LogP contribution in [0.5, 0.6) is 0 Å². The van der Waals surface area contributed by atoms with Gasteiger partial charge in [-0.2, -0.15) is 0 Å². The molecular formula is C14H29N3O3. The average Bonchev–Trinajstić information content (AvgIpc) is 2.42. The number of nitrogens with one attached hydrogen (secondary N) is 1. The molecule has 0 atom stereocenters. The van der Waals surface area contributed by atoms with Gasteiger partial charge in [0.2, 0.25) is 0 Å². The van der Waals surface area contributed by atoms with Gasteiger partial charge in [-0.25, -0.2) is 0 Å². The summed E-state index contributed by atoms with van der Waals surface area (Å²) in [4.78, 5) is 0. The highest BCUT2D eigenvalue weighted by Gasteiger charge is 2.29. The quantitative estimate of drug-likeness (QED) is 0.176. The van der Waals surface area contributed by atoms with Crippen molar-refractivity contribution in [3.05, 3.63) is 0 Å². The Balaban J connectivity index is 2.10. The molecule has 0 aliphatic carbocycles. The lowest BCUT2D eigenvalue weighted by atomic mass is 9.86. The van der Waals surface area contributed by atoms with Crippen LogP contribution in [0.2, 0.25) is 0 Å². The smallest absolute Gasteiger partial charge is 0.144 e. The Morgan fingerprint density at radius 3 is 2.60 bits per heavy atom. The van der Waals surface area contributed by atoms with Crippen molar-refractivity contribution in [3.63, 3.8) is 0 Å². The molecule has 5 N–H and O–H groups in total. The molecule has 0 bridgehead atoms. The normalized spacial score (nSPS) is 20.1. The van der Waals surface area contributed by atoms with E-state index in [9.17, 15) is 5.11 Å². The van der Waals surface area contributed by atoms with Gasteiger partial charge in [-0.05, 0) is 19.4 Å². The van der Waals surface area contributed by atoms with Crippen molar-refractivity contribution in [2.24, 2.45) is 16.3 Å². The number of unbranched alkanes of at least 4 members (excludes halogenated alkanes) is 1. The van der Waals surface area contributed by atoms with Crippen molar-refractivity contribution in [3.8, 4) is 0 Å². The van der Waals surface area contributed by atoms with Crippen molar-refractivity contribution in [2.45, 2.75) is 51.6 Å². The van der Waals surface area contributed by atoms with E-state index in [2.05, 4.69) is 10.5 Å². The summed E-state index contributed by atoms with van der Waals surface area (Å²) >= 11 is 0. The fourth-order valence-corrected chi connectivity index (χ4v) is 2.33. The Hall–Kier alpha value is -0.850. The molecule has 20 heavy (non-hydrogen) atoms. The van der Waals surface area contributed by atoms with Crippen molar-refractivity contribution in [2.75, 3.05) is 26.3 Å². The number of nitrogens with two attached hydrogens (primary N) is 1. The second-order valence-electron chi connectivity index (χ2n) is 6.34. The first-order chi connectivity index (χ1) is 9.40. The Labute approximate surface area is 121 Å². The van der Waals surface area contributed by atoms with Crippen LogP contribution in [0.15, 0.2) is 5.16 Å². The van der Waals surface area contributed by atoms with Crippen LogP contribution in [-0.2, 0) is 4.74 Å². The number of nitrogens with zero attached hydrogens (tertiary/aromatic N) is 1. The highest BCUT2D eigenvalue weighted by atomic mass is 16.5. The molecule has 6 nitrogen and oxygen atoms in total. The van der Waals surface area contributed by atoms with Crippen LogP contribution < -0.4 is 11.1 Å². The maximum absolute atomic E-state index is 10.3. The van der Waals surface area contributed by atoms with E-state index in [4.69, 9.17) is 15.7 Å². The number of ether oxygens (including phenoxy) is 1. The van der Waals surface area contributed by atoms with Crippen LogP contribution in [0, 0.1) is 5.41 Å². The number of aliphatic hydroxyl groups is 1. The van der Waals surface area contributed by atoms with Gasteiger partial charge in [0.15, 0.2) is 0 Å². The van der Waals surface area contributed by atoms with E-state index in [0.29, 0.717) is 32.6 Å². The van der Waals surface area contributed by atoms with Crippen LogP contribution in [-0.4, -0.2) is 48.1 Å². The Kier molecular flexibility index (Phi) is 6.71. The van der Waals surface area contributed by atoms with E-state index in [0.717, 1.165) is 25.8 Å². The van der Waals surface area contributed by atoms with E-state index in [1.807, 2.05) is 13.8 Å². The van der Waals surface area contributed by atoms with Gasteiger partial charge in [-0.15, -0.1) is 0 Å². The number of hydrogen-bond acceptors (Lipinski definition) is 5. The summed E-state index contributed by atoms with van der Waals surface area (Å²) in [6.45, 7) is 6.73. The molecule has 6 heteroatoms. The first-order valence-electron chi connectivity index (χ1n) is 7.38. The first-order valence-corrected chi connectivity index (χ1v) is 7.38. The molecule has 0 saturated carbocycles. The molecule has 0 radical (unpaired) electrons. The Morgan fingerprint density at radius 1 is 1.35 bits per heavy atom. The van der Waals surface area contributed by atoms with Crippen molar-refractivity contribution in [1.29, 1.82) is 0 Å². The zero-order valence-corrected chi connectivity index (χ0v) is 12.7. The number of hydrogen-bond donors (Lipinski definition) is 4. The van der Waals surface area contributed by atoms with Crippen molar-refractivity contribution < 1.29 is 15.1 Å². The third-order valence-corrected chi connectivity index (χ3v) is 4.08. The summed E-state index contributed by atoms with van der Waals surface area (Å²) in [5.41, 5.74) is 4.77. The molecule has 0 aromatic carbocycles. The summed E-state index contributed by atoms with van der Waals surface area (Å²) in [6.07, 6.45) is 4.29. The van der Waals surface area contributed by atoms with E-state index < -0.39 is 5.60 Å². The van der Waals surface area contributed by atoms with E-state index >= 15 is 0 Å². The lowest BCUT2D eigenvalue weighted by molar-refractivity contribution is -0.0614. The van der Waals surface area contributed by atoms with Crippen LogP contribution in [0.4, 0.5) is 0 Å². The highest BCUT2D eigenvalue weighted by Crippen LogP contribution is 2.23. The summed E-state index contributed by atoms with van der Waals surface area (Å²) < 4.78 is 5.25. The molecule has 1 aliphatic heterocycles. The van der Waals surface area contributed by atoms with Gasteiger partial charge in [0.25, 0.3) is 0 Å². The van der Waals surface area contributed by atoms with Crippen molar-refractivity contribution in [1.82, 2.24) is 5.32 Å². The molecule has 1 rings (SSSR count). The summed E-state index contributed by atoms with van der Waals surface area (Å²) in [6, 6.07) is 0. The first kappa shape index (κ1) is 17.2. The highest BCUT2D eigenvalue weighted by molar-refractivity contribution is 5.85. The second-order valence-corrected chi connectivity index (χ2v) is 6.34. The number of rotatable bonds is 8. The average molecular weight is 287 g/mol. The monoisotopic (exact) mass is 287 g/mol. The SMILES string of the molecule is CC(C)(CCCCNCC1(O)CCOCC1)C(N)=NO. The van der Waals surface area contributed by atoms with Gasteiger partial charge < -0.3 is 26.1 Å². The van der Waals surface area contributed by atoms with Gasteiger partial charge in [-0.3, -0.25) is 0 Å². The van der Waals surface area contributed by atoms with Gasteiger partial charge >= 0.3 is 0 Å². The van der Waals surface area contributed by atoms with Gasteiger partial charge in [-0.1, -0.05) is 25.4 Å². The minimum atomic E-state index is -0.606. The standard InChI is InChI=1S/C14H29N3O3/c1-13(2,12(15)17-19)5-3-4-8-16-11-14(18)6-9-20-10-7-14/h16,18-19H,3-11H2,1-2H3,(H2,15,17). The largest absolute Gasteiger partial charge is 0.409 e. The zero-order valence-electron chi connectivity index (χ0n) is 12.7. The van der Waals surface area contributed by atoms with Gasteiger partial charge in [0.05, 0.1) is 5.60 Å². The van der Waals surface area contributed by atoms with Crippen LogP contribution in [0.3, 0.4) is 0 Å². The predicted molar refractivity (Wildman–Crippen MR) is 78.9 cm³/mol. The molecule has 1 saturated heterocycles. The maximum Gasteiger partial charge on any atom is 0.144 e. The molecule has 0 spiro atoms. The fraction of sp³-hybridized carbons (Fsp3) is 0.929. The summed E-state index contributed by atoms with van der Waals surface area (Å²) in [5, 5.41) is 25.3. The molecule has 1 heterocycles. The lowest BCUT2D eigenvalue weighted by Gasteiger charge is -2.32. The lowest BCUT2D eigenvalue weighted by Crippen LogP contribution is -2.45. The molecular weight excluding hydrogens is 258 g/mol. The second kappa shape index (κ2) is 7.81. The van der Waals surface area contributed by atoms with E-state index in [1.165, 1.54) is 0 Å². The Morgan fingerprint density at radius 2 is 2.00 bits per heavy atom. The molecule has 0 aromatic heterocycles. The predicted octanol–water partition coefficient (Wildman–Crippen LogP) is 1.06.